The number of rotatable bonds is 7. The van der Waals surface area contributed by atoms with Crippen molar-refractivity contribution in [2.45, 2.75) is 57.9 Å². The second kappa shape index (κ2) is 7.93. The third kappa shape index (κ3) is 4.16. The molecule has 0 aromatic carbocycles. The van der Waals surface area contributed by atoms with Gasteiger partial charge in [-0.05, 0) is 25.3 Å². The van der Waals surface area contributed by atoms with Crippen LogP contribution in [-0.2, 0) is 10.3 Å². The summed E-state index contributed by atoms with van der Waals surface area (Å²) in [5.74, 6) is 2.49. The molecule has 1 saturated carbocycles. The Hall–Kier alpha value is -0.980. The lowest BCUT2D eigenvalue weighted by molar-refractivity contribution is 0.0312. The first-order valence-electron chi connectivity index (χ1n) is 9.48. The zero-order chi connectivity index (χ0) is 17.0. The molecule has 1 aromatic heterocycles. The van der Waals surface area contributed by atoms with E-state index in [0.717, 1.165) is 63.9 Å². The lowest BCUT2D eigenvalue weighted by atomic mass is 9.95. The molecule has 1 N–H and O–H groups in total. The van der Waals surface area contributed by atoms with Gasteiger partial charge in [0.25, 0.3) is 0 Å². The summed E-state index contributed by atoms with van der Waals surface area (Å²) in [7, 11) is 0. The van der Waals surface area contributed by atoms with Crippen LogP contribution >= 0.6 is 0 Å². The molecule has 1 unspecified atom stereocenters. The fourth-order valence-corrected chi connectivity index (χ4v) is 3.78. The highest BCUT2D eigenvalue weighted by Crippen LogP contribution is 2.37. The van der Waals surface area contributed by atoms with Crippen LogP contribution in [0.5, 0.6) is 0 Å². The molecule has 0 radical (unpaired) electrons. The van der Waals surface area contributed by atoms with Gasteiger partial charge in [-0.1, -0.05) is 38.8 Å². The Bertz CT molecular complexity index is 505. The largest absolute Gasteiger partial charge is 0.379 e. The summed E-state index contributed by atoms with van der Waals surface area (Å²) >= 11 is 0. The summed E-state index contributed by atoms with van der Waals surface area (Å²) < 4.78 is 10.9. The molecule has 1 atom stereocenters. The monoisotopic (exact) mass is 336 g/mol. The molecule has 6 nitrogen and oxygen atoms in total. The van der Waals surface area contributed by atoms with Crippen LogP contribution in [0.15, 0.2) is 4.52 Å². The normalized spacial score (nSPS) is 23.0. The highest BCUT2D eigenvalue weighted by atomic mass is 16.5. The number of ether oxygens (including phenoxy) is 1. The van der Waals surface area contributed by atoms with Gasteiger partial charge >= 0.3 is 0 Å². The first-order chi connectivity index (χ1) is 11.6. The Morgan fingerprint density at radius 3 is 2.50 bits per heavy atom. The van der Waals surface area contributed by atoms with Crippen molar-refractivity contribution in [1.82, 2.24) is 20.4 Å². The van der Waals surface area contributed by atoms with E-state index in [2.05, 4.69) is 36.1 Å². The Labute approximate surface area is 145 Å². The number of morpholine rings is 1. The van der Waals surface area contributed by atoms with Gasteiger partial charge in [0, 0.05) is 25.6 Å². The molecular formula is C18H32N4O2. The van der Waals surface area contributed by atoms with Gasteiger partial charge < -0.3 is 14.6 Å². The third-order valence-corrected chi connectivity index (χ3v) is 5.28. The van der Waals surface area contributed by atoms with Gasteiger partial charge in [-0.15, -0.1) is 0 Å². The Morgan fingerprint density at radius 2 is 1.88 bits per heavy atom. The maximum Gasteiger partial charge on any atom is 0.229 e. The fraction of sp³-hybridized carbons (Fsp3) is 0.889. The summed E-state index contributed by atoms with van der Waals surface area (Å²) in [5.41, 5.74) is -0.0874. The van der Waals surface area contributed by atoms with Crippen LogP contribution in [0.4, 0.5) is 0 Å². The molecule has 1 aromatic rings. The summed E-state index contributed by atoms with van der Waals surface area (Å²) in [4.78, 5) is 7.19. The first-order valence-corrected chi connectivity index (χ1v) is 9.48. The first kappa shape index (κ1) is 17.8. The lowest BCUT2D eigenvalue weighted by Gasteiger charge is -2.32. The van der Waals surface area contributed by atoms with E-state index in [1.807, 2.05) is 0 Å². The average molecular weight is 336 g/mol. The maximum absolute atomic E-state index is 5.47. The van der Waals surface area contributed by atoms with Gasteiger partial charge in [0.2, 0.25) is 5.89 Å². The second-order valence-electron chi connectivity index (χ2n) is 7.80. The predicted molar refractivity (Wildman–Crippen MR) is 93.0 cm³/mol. The van der Waals surface area contributed by atoms with E-state index < -0.39 is 0 Å². The van der Waals surface area contributed by atoms with Gasteiger partial charge in [-0.2, -0.15) is 4.98 Å². The molecule has 1 aliphatic carbocycles. The van der Waals surface area contributed by atoms with E-state index in [1.165, 1.54) is 12.8 Å². The minimum absolute atomic E-state index is 0.0874. The minimum Gasteiger partial charge on any atom is -0.379 e. The summed E-state index contributed by atoms with van der Waals surface area (Å²) in [5, 5.41) is 8.12. The van der Waals surface area contributed by atoms with Crippen LogP contribution in [0, 0.1) is 5.92 Å². The molecule has 2 aliphatic rings. The van der Waals surface area contributed by atoms with E-state index in [0.29, 0.717) is 5.92 Å². The number of nitrogens with zero attached hydrogens (tertiary/aromatic N) is 3. The molecule has 24 heavy (non-hydrogen) atoms. The fourth-order valence-electron chi connectivity index (χ4n) is 3.78. The standard InChI is InChI=1S/C18H32N4O2/c1-14(2)16-20-17(21-24-16)18(6-4-5-7-18)19-12-15(3)13-22-8-10-23-11-9-22/h14-15,19H,4-13H2,1-3H3. The Morgan fingerprint density at radius 1 is 1.17 bits per heavy atom. The molecule has 1 aliphatic heterocycles. The lowest BCUT2D eigenvalue weighted by Crippen LogP contribution is -2.46. The van der Waals surface area contributed by atoms with Crippen LogP contribution in [0.1, 0.15) is 64.1 Å². The van der Waals surface area contributed by atoms with Crippen LogP contribution in [0.2, 0.25) is 0 Å². The zero-order valence-corrected chi connectivity index (χ0v) is 15.4. The molecule has 0 amide bonds. The van der Waals surface area contributed by atoms with Crippen molar-refractivity contribution in [3.63, 3.8) is 0 Å². The number of hydrogen-bond donors (Lipinski definition) is 1. The number of hydrogen-bond acceptors (Lipinski definition) is 6. The molecule has 2 fully saturated rings. The van der Waals surface area contributed by atoms with Crippen molar-refractivity contribution in [2.24, 2.45) is 5.92 Å². The minimum atomic E-state index is -0.0874. The maximum atomic E-state index is 5.47. The van der Waals surface area contributed by atoms with Gasteiger partial charge in [0.05, 0.1) is 18.8 Å². The molecule has 136 valence electrons. The molecule has 1 saturated heterocycles. The van der Waals surface area contributed by atoms with Crippen LogP contribution in [0.25, 0.3) is 0 Å². The molecular weight excluding hydrogens is 304 g/mol. The van der Waals surface area contributed by atoms with Crippen molar-refractivity contribution >= 4 is 0 Å². The van der Waals surface area contributed by atoms with Crippen molar-refractivity contribution < 1.29 is 9.26 Å². The Kier molecular flexibility index (Phi) is 5.89. The van der Waals surface area contributed by atoms with E-state index in [-0.39, 0.29) is 11.5 Å². The van der Waals surface area contributed by atoms with Crippen LogP contribution in [-0.4, -0.2) is 54.4 Å². The summed E-state index contributed by atoms with van der Waals surface area (Å²) in [6.07, 6.45) is 4.68. The van der Waals surface area contributed by atoms with Crippen LogP contribution < -0.4 is 5.32 Å². The topological polar surface area (TPSA) is 63.4 Å². The second-order valence-corrected chi connectivity index (χ2v) is 7.80. The third-order valence-electron chi connectivity index (χ3n) is 5.28. The van der Waals surface area contributed by atoms with Crippen molar-refractivity contribution in [3.05, 3.63) is 11.7 Å². The molecule has 0 spiro atoms. The van der Waals surface area contributed by atoms with Crippen molar-refractivity contribution in [3.8, 4) is 0 Å². The van der Waals surface area contributed by atoms with Gasteiger partial charge in [0.1, 0.15) is 0 Å². The quantitative estimate of drug-likeness (QED) is 0.825. The van der Waals surface area contributed by atoms with E-state index in [4.69, 9.17) is 14.2 Å². The molecule has 0 bridgehead atoms. The summed E-state index contributed by atoms with van der Waals surface area (Å²) in [6.45, 7) is 12.5. The van der Waals surface area contributed by atoms with E-state index in [1.54, 1.807) is 0 Å². The number of aromatic nitrogens is 2. The van der Waals surface area contributed by atoms with Crippen LogP contribution in [0.3, 0.4) is 0 Å². The van der Waals surface area contributed by atoms with Crippen molar-refractivity contribution in [1.29, 1.82) is 0 Å². The van der Waals surface area contributed by atoms with E-state index in [9.17, 15) is 0 Å². The highest BCUT2D eigenvalue weighted by Gasteiger charge is 2.40. The van der Waals surface area contributed by atoms with Gasteiger partial charge in [-0.3, -0.25) is 4.90 Å². The van der Waals surface area contributed by atoms with Crippen molar-refractivity contribution in [2.75, 3.05) is 39.4 Å². The predicted octanol–water partition coefficient (Wildman–Crippen LogP) is 2.52. The molecule has 2 heterocycles. The van der Waals surface area contributed by atoms with Gasteiger partial charge in [0.15, 0.2) is 5.82 Å². The zero-order valence-electron chi connectivity index (χ0n) is 15.4. The molecule has 3 rings (SSSR count). The summed E-state index contributed by atoms with van der Waals surface area (Å²) in [6, 6.07) is 0. The smallest absolute Gasteiger partial charge is 0.229 e. The highest BCUT2D eigenvalue weighted by molar-refractivity contribution is 5.09. The van der Waals surface area contributed by atoms with E-state index >= 15 is 0 Å². The molecule has 6 heteroatoms. The SMILES string of the molecule is CC(CNC1(c2noc(C(C)C)n2)CCCC1)CN1CCOCC1. The number of nitrogens with one attached hydrogen (secondary N) is 1. The average Bonchev–Trinajstić information content (AvgIpc) is 3.24. The van der Waals surface area contributed by atoms with Gasteiger partial charge in [-0.25, -0.2) is 0 Å². The Balaban J connectivity index is 1.58.